The van der Waals surface area contributed by atoms with Crippen LogP contribution in [0.25, 0.3) is 0 Å². The van der Waals surface area contributed by atoms with Crippen LogP contribution >= 0.6 is 0 Å². The highest BCUT2D eigenvalue weighted by Gasteiger charge is 2.23. The van der Waals surface area contributed by atoms with Crippen molar-refractivity contribution < 1.29 is 17.9 Å². The van der Waals surface area contributed by atoms with Crippen molar-refractivity contribution in [1.82, 2.24) is 9.97 Å². The smallest absolute Gasteiger partial charge is 0.325 e. The van der Waals surface area contributed by atoms with Crippen LogP contribution in [0.5, 0.6) is 11.5 Å². The van der Waals surface area contributed by atoms with Crippen LogP contribution in [0.15, 0.2) is 32.7 Å². The van der Waals surface area contributed by atoms with Gasteiger partial charge in [0.15, 0.2) is 16.4 Å². The summed E-state index contributed by atoms with van der Waals surface area (Å²) in [5, 5.41) is 0. The van der Waals surface area contributed by atoms with Gasteiger partial charge in [-0.1, -0.05) is 0 Å². The number of nitrogens with one attached hydrogen (secondary N) is 3. The monoisotopic (exact) mass is 339 g/mol. The summed E-state index contributed by atoms with van der Waals surface area (Å²) >= 11 is 0. The van der Waals surface area contributed by atoms with Crippen LogP contribution in [0.4, 0.5) is 5.69 Å². The lowest BCUT2D eigenvalue weighted by Crippen LogP contribution is -2.31. The zero-order chi connectivity index (χ0) is 16.6. The molecule has 1 aliphatic rings. The first-order valence-corrected chi connectivity index (χ1v) is 8.11. The second-order valence-corrected chi connectivity index (χ2v) is 6.45. The standard InChI is InChI=1S/C13H13N3O6S/c1-7-11(12(17)15-13(18)14-7)23(19,20)16-8-2-3-9-10(6-8)22-5-4-21-9/h2-3,6,16H,4-5H2,1H3,(H2,14,15,17,18). The summed E-state index contributed by atoms with van der Waals surface area (Å²) in [6.45, 7) is 2.11. The minimum absolute atomic E-state index is 0.0520. The van der Waals surface area contributed by atoms with Crippen LogP contribution < -0.4 is 25.4 Å². The summed E-state index contributed by atoms with van der Waals surface area (Å²) < 4.78 is 37.8. The predicted molar refractivity (Wildman–Crippen MR) is 80.7 cm³/mol. The van der Waals surface area contributed by atoms with E-state index in [1.165, 1.54) is 19.1 Å². The van der Waals surface area contributed by atoms with E-state index in [1.54, 1.807) is 6.07 Å². The minimum Gasteiger partial charge on any atom is -0.486 e. The minimum atomic E-state index is -4.18. The number of fused-ring (bicyclic) bond motifs is 1. The zero-order valence-corrected chi connectivity index (χ0v) is 12.8. The Labute approximate surface area is 130 Å². The molecule has 0 saturated carbocycles. The van der Waals surface area contributed by atoms with Gasteiger partial charge in [-0.2, -0.15) is 0 Å². The van der Waals surface area contributed by atoms with E-state index >= 15 is 0 Å². The Morgan fingerprint density at radius 2 is 1.78 bits per heavy atom. The van der Waals surface area contributed by atoms with Crippen LogP contribution in [-0.4, -0.2) is 31.6 Å². The van der Waals surface area contributed by atoms with E-state index in [4.69, 9.17) is 9.47 Å². The van der Waals surface area contributed by atoms with Gasteiger partial charge in [-0.25, -0.2) is 13.2 Å². The number of H-pyrrole nitrogens is 2. The van der Waals surface area contributed by atoms with Crippen molar-refractivity contribution in [2.45, 2.75) is 11.8 Å². The van der Waals surface area contributed by atoms with Crippen molar-refractivity contribution in [3.8, 4) is 11.5 Å². The number of hydrogen-bond acceptors (Lipinski definition) is 6. The number of sulfonamides is 1. The number of anilines is 1. The van der Waals surface area contributed by atoms with Gasteiger partial charge < -0.3 is 14.5 Å². The van der Waals surface area contributed by atoms with Gasteiger partial charge in [-0.15, -0.1) is 0 Å². The molecule has 0 aliphatic carbocycles. The van der Waals surface area contributed by atoms with Gasteiger partial charge in [0.05, 0.1) is 5.69 Å². The maximum atomic E-state index is 12.4. The van der Waals surface area contributed by atoms with Gasteiger partial charge in [0.1, 0.15) is 13.2 Å². The first-order chi connectivity index (χ1) is 10.9. The summed E-state index contributed by atoms with van der Waals surface area (Å²) in [5.74, 6) is 0.917. The van der Waals surface area contributed by atoms with Crippen LogP contribution in [0, 0.1) is 6.92 Å². The summed E-state index contributed by atoms with van der Waals surface area (Å²) in [7, 11) is -4.18. The molecular weight excluding hydrogens is 326 g/mol. The predicted octanol–water partition coefficient (Wildman–Crippen LogP) is -0.0564. The Morgan fingerprint density at radius 3 is 2.48 bits per heavy atom. The summed E-state index contributed by atoms with van der Waals surface area (Å²) in [6.07, 6.45) is 0. The molecule has 0 amide bonds. The van der Waals surface area contributed by atoms with E-state index in [-0.39, 0.29) is 11.4 Å². The molecule has 1 aliphatic heterocycles. The molecule has 0 unspecified atom stereocenters. The van der Waals surface area contributed by atoms with Crippen molar-refractivity contribution in [2.24, 2.45) is 0 Å². The van der Waals surface area contributed by atoms with Crippen molar-refractivity contribution in [3.05, 3.63) is 44.7 Å². The molecular formula is C13H13N3O6S. The van der Waals surface area contributed by atoms with Gasteiger partial charge in [-0.05, 0) is 19.1 Å². The van der Waals surface area contributed by atoms with Gasteiger partial charge in [0, 0.05) is 11.8 Å². The maximum absolute atomic E-state index is 12.4. The molecule has 3 N–H and O–H groups in total. The molecule has 0 spiro atoms. The van der Waals surface area contributed by atoms with E-state index in [0.717, 1.165) is 0 Å². The van der Waals surface area contributed by atoms with Gasteiger partial charge in [0.2, 0.25) is 0 Å². The van der Waals surface area contributed by atoms with Gasteiger partial charge in [-0.3, -0.25) is 14.5 Å². The fourth-order valence-corrected chi connectivity index (χ4v) is 3.51. The SMILES string of the molecule is Cc1[nH]c(=O)[nH]c(=O)c1S(=O)(=O)Nc1ccc2c(c1)OCCO2. The molecule has 1 aromatic heterocycles. The average molecular weight is 339 g/mol. The topological polar surface area (TPSA) is 130 Å². The van der Waals surface area contributed by atoms with E-state index in [9.17, 15) is 18.0 Å². The molecule has 23 heavy (non-hydrogen) atoms. The Morgan fingerprint density at radius 1 is 1.09 bits per heavy atom. The number of benzene rings is 1. The molecule has 1 aromatic carbocycles. The van der Waals surface area contributed by atoms with E-state index < -0.39 is 26.2 Å². The second-order valence-electron chi connectivity index (χ2n) is 4.83. The van der Waals surface area contributed by atoms with E-state index in [1.807, 2.05) is 4.98 Å². The number of aromatic nitrogens is 2. The fourth-order valence-electron chi connectivity index (χ4n) is 2.23. The molecule has 9 nitrogen and oxygen atoms in total. The Kier molecular flexibility index (Phi) is 3.60. The molecule has 0 atom stereocenters. The number of rotatable bonds is 3. The molecule has 0 radical (unpaired) electrons. The summed E-state index contributed by atoms with van der Waals surface area (Å²) in [5.41, 5.74) is -1.61. The second kappa shape index (κ2) is 5.47. The molecule has 2 heterocycles. The Hall–Kier alpha value is -2.75. The van der Waals surface area contributed by atoms with Crippen molar-refractivity contribution in [1.29, 1.82) is 0 Å². The fraction of sp³-hybridized carbons (Fsp3) is 0.231. The van der Waals surface area contributed by atoms with Crippen molar-refractivity contribution in [2.75, 3.05) is 17.9 Å². The van der Waals surface area contributed by atoms with Crippen LogP contribution in [0.1, 0.15) is 5.69 Å². The third kappa shape index (κ3) is 2.93. The lowest BCUT2D eigenvalue weighted by Gasteiger charge is -2.19. The lowest BCUT2D eigenvalue weighted by atomic mass is 10.3. The Bertz CT molecular complexity index is 976. The highest BCUT2D eigenvalue weighted by atomic mass is 32.2. The van der Waals surface area contributed by atoms with Gasteiger partial charge in [0.25, 0.3) is 15.6 Å². The zero-order valence-electron chi connectivity index (χ0n) is 12.0. The third-order valence-corrected chi connectivity index (χ3v) is 4.67. The van der Waals surface area contributed by atoms with Crippen LogP contribution in [-0.2, 0) is 10.0 Å². The number of hydrogen-bond donors (Lipinski definition) is 3. The number of ether oxygens (including phenoxy) is 2. The first-order valence-electron chi connectivity index (χ1n) is 6.62. The average Bonchev–Trinajstić information content (AvgIpc) is 2.45. The number of aryl methyl sites for hydroxylation is 1. The maximum Gasteiger partial charge on any atom is 0.325 e. The van der Waals surface area contributed by atoms with E-state index in [2.05, 4.69) is 9.71 Å². The molecule has 3 rings (SSSR count). The van der Waals surface area contributed by atoms with Gasteiger partial charge >= 0.3 is 5.69 Å². The first kappa shape index (κ1) is 15.2. The highest BCUT2D eigenvalue weighted by molar-refractivity contribution is 7.92. The number of aromatic amines is 2. The Balaban J connectivity index is 1.99. The van der Waals surface area contributed by atoms with Crippen molar-refractivity contribution >= 4 is 15.7 Å². The molecule has 10 heteroatoms. The summed E-state index contributed by atoms with van der Waals surface area (Å²) in [4.78, 5) is 26.5. The highest BCUT2D eigenvalue weighted by Crippen LogP contribution is 2.33. The van der Waals surface area contributed by atoms with Crippen molar-refractivity contribution in [3.63, 3.8) is 0 Å². The largest absolute Gasteiger partial charge is 0.486 e. The van der Waals surface area contributed by atoms with E-state index in [0.29, 0.717) is 24.7 Å². The quantitative estimate of drug-likeness (QED) is 0.718. The van der Waals surface area contributed by atoms with Crippen LogP contribution in [0.3, 0.4) is 0 Å². The molecule has 0 fully saturated rings. The molecule has 2 aromatic rings. The third-order valence-electron chi connectivity index (χ3n) is 3.14. The molecule has 0 bridgehead atoms. The molecule has 0 saturated heterocycles. The normalized spacial score (nSPS) is 13.6. The molecule has 122 valence electrons. The lowest BCUT2D eigenvalue weighted by molar-refractivity contribution is 0.171. The van der Waals surface area contributed by atoms with Crippen LogP contribution in [0.2, 0.25) is 0 Å². The summed E-state index contributed by atoms with van der Waals surface area (Å²) in [6, 6.07) is 4.51.